The van der Waals surface area contributed by atoms with Crippen LogP contribution in [0.3, 0.4) is 0 Å². The van der Waals surface area contributed by atoms with Crippen LogP contribution in [0.4, 0.5) is 5.82 Å². The summed E-state index contributed by atoms with van der Waals surface area (Å²) in [4.78, 5) is 26.5. The zero-order valence-corrected chi connectivity index (χ0v) is 32.9. The van der Waals surface area contributed by atoms with Crippen molar-refractivity contribution in [3.63, 3.8) is 0 Å². The highest BCUT2D eigenvalue weighted by atomic mass is 28.4. The van der Waals surface area contributed by atoms with E-state index in [2.05, 4.69) is 78.4 Å². The molecule has 11 nitrogen and oxygen atoms in total. The Morgan fingerprint density at radius 2 is 1.42 bits per heavy atom. The van der Waals surface area contributed by atoms with Crippen LogP contribution >= 0.6 is 0 Å². The summed E-state index contributed by atoms with van der Waals surface area (Å²) < 4.78 is 28.3. The van der Waals surface area contributed by atoms with Gasteiger partial charge in [0.15, 0.2) is 31.5 Å². The first-order valence-corrected chi connectivity index (χ1v) is 21.3. The molecule has 284 valence electrons. The van der Waals surface area contributed by atoms with Crippen molar-refractivity contribution in [3.05, 3.63) is 150 Å². The van der Waals surface area contributed by atoms with Crippen LogP contribution in [0, 0.1) is 0 Å². The van der Waals surface area contributed by atoms with Gasteiger partial charge in [0.1, 0.15) is 36.0 Å². The highest BCUT2D eigenvalue weighted by Gasteiger charge is 2.52. The van der Waals surface area contributed by atoms with Crippen LogP contribution in [0.2, 0.25) is 18.1 Å². The second-order valence-corrected chi connectivity index (χ2v) is 20.0. The number of aromatic nitrogens is 4. The molecule has 0 spiro atoms. The quantitative estimate of drug-likeness (QED) is 0.0951. The highest BCUT2D eigenvalue weighted by Crippen LogP contribution is 2.45. The van der Waals surface area contributed by atoms with Crippen LogP contribution in [-0.2, 0) is 19.5 Å². The molecule has 6 aromatic rings. The maximum absolute atomic E-state index is 13.1. The summed E-state index contributed by atoms with van der Waals surface area (Å²) in [5, 5.41) is 14.9. The number of benzene rings is 4. The van der Waals surface area contributed by atoms with E-state index in [4.69, 9.17) is 18.6 Å². The fraction of sp³-hybridized carbons (Fsp3) is 0.302. The van der Waals surface area contributed by atoms with E-state index in [9.17, 15) is 9.90 Å². The second kappa shape index (κ2) is 15.5. The molecule has 0 unspecified atom stereocenters. The zero-order valence-electron chi connectivity index (χ0n) is 31.9. The first-order chi connectivity index (χ1) is 26.4. The Balaban J connectivity index is 1.27. The third-order valence-electron chi connectivity index (χ3n) is 10.8. The van der Waals surface area contributed by atoms with Crippen LogP contribution in [0.15, 0.2) is 128 Å². The average Bonchev–Trinajstić information content (AvgIpc) is 3.76. The van der Waals surface area contributed by atoms with Crippen LogP contribution in [-0.4, -0.2) is 70.9 Å². The second-order valence-electron chi connectivity index (χ2n) is 15.2. The topological polar surface area (TPSA) is 130 Å². The van der Waals surface area contributed by atoms with E-state index in [0.717, 1.165) is 22.4 Å². The molecule has 0 saturated carbocycles. The maximum Gasteiger partial charge on any atom is 0.256 e. The summed E-state index contributed by atoms with van der Waals surface area (Å²) >= 11 is 0. The fourth-order valence-electron chi connectivity index (χ4n) is 6.77. The monoisotopic (exact) mass is 757 g/mol. The Labute approximate surface area is 322 Å². The van der Waals surface area contributed by atoms with Gasteiger partial charge in [-0.25, -0.2) is 15.0 Å². The summed E-state index contributed by atoms with van der Waals surface area (Å²) in [5.74, 6) is 0.643. The molecule has 3 heterocycles. The molecule has 0 radical (unpaired) electrons. The Hall–Kier alpha value is -5.24. The van der Waals surface area contributed by atoms with E-state index in [-0.39, 0.29) is 23.4 Å². The van der Waals surface area contributed by atoms with E-state index in [1.807, 2.05) is 66.7 Å². The van der Waals surface area contributed by atoms with Crippen LogP contribution in [0.1, 0.15) is 54.0 Å². The number of carbonyl (C=O) groups excluding carboxylic acids is 1. The number of anilines is 1. The molecule has 55 heavy (non-hydrogen) atoms. The molecule has 7 rings (SSSR count). The van der Waals surface area contributed by atoms with Crippen LogP contribution in [0.25, 0.3) is 11.2 Å². The SMILES string of the molecule is COc1ccc(C(OC[C@@H]2O[C@H](n3cnc4c(NC(=O)c5ccccc5)ncnc43)[C@@H](O)[C@H]2O[Si](C)(C)C(C)(C)C)(c2ccccc2)c2ccccc2)cc1. The number of nitrogens with one attached hydrogen (secondary N) is 1. The maximum atomic E-state index is 13.1. The lowest BCUT2D eigenvalue weighted by atomic mass is 9.80. The van der Waals surface area contributed by atoms with Crippen molar-refractivity contribution in [2.24, 2.45) is 0 Å². The van der Waals surface area contributed by atoms with Gasteiger partial charge in [0, 0.05) is 5.56 Å². The van der Waals surface area contributed by atoms with Crippen molar-refractivity contribution in [2.45, 2.75) is 69.0 Å². The molecule has 1 aliphatic heterocycles. The number of fused-ring (bicyclic) bond motifs is 1. The molecular formula is C43H47N5O6Si. The lowest BCUT2D eigenvalue weighted by Gasteiger charge is -2.41. The molecule has 1 fully saturated rings. The van der Waals surface area contributed by atoms with Crippen molar-refractivity contribution in [2.75, 3.05) is 19.0 Å². The van der Waals surface area contributed by atoms with E-state index >= 15 is 0 Å². The van der Waals surface area contributed by atoms with Gasteiger partial charge in [0.05, 0.1) is 20.0 Å². The van der Waals surface area contributed by atoms with E-state index in [1.165, 1.54) is 6.33 Å². The number of nitrogens with zero attached hydrogens (tertiary/aromatic N) is 4. The van der Waals surface area contributed by atoms with E-state index in [0.29, 0.717) is 16.7 Å². The molecule has 4 aromatic carbocycles. The molecule has 2 aromatic heterocycles. The van der Waals surface area contributed by atoms with E-state index < -0.39 is 38.5 Å². The number of hydrogen-bond acceptors (Lipinski definition) is 9. The molecule has 4 atom stereocenters. The first kappa shape index (κ1) is 38.0. The largest absolute Gasteiger partial charge is 0.497 e. The number of ether oxygens (including phenoxy) is 3. The number of hydrogen-bond donors (Lipinski definition) is 2. The van der Waals surface area contributed by atoms with Crippen molar-refractivity contribution in [1.82, 2.24) is 19.5 Å². The molecular weight excluding hydrogens is 711 g/mol. The van der Waals surface area contributed by atoms with Crippen molar-refractivity contribution < 1.29 is 28.5 Å². The van der Waals surface area contributed by atoms with Gasteiger partial charge in [-0.05, 0) is 59.1 Å². The van der Waals surface area contributed by atoms with Gasteiger partial charge >= 0.3 is 0 Å². The molecule has 2 N–H and O–H groups in total. The van der Waals surface area contributed by atoms with Crippen molar-refractivity contribution >= 4 is 31.2 Å². The van der Waals surface area contributed by atoms with Gasteiger partial charge in [-0.1, -0.05) is 112 Å². The Morgan fingerprint density at radius 3 is 2.00 bits per heavy atom. The molecule has 0 bridgehead atoms. The summed E-state index contributed by atoms with van der Waals surface area (Å²) in [5.41, 5.74) is 2.89. The molecule has 0 aliphatic carbocycles. The lowest BCUT2D eigenvalue weighted by Crippen LogP contribution is -2.50. The lowest BCUT2D eigenvalue weighted by molar-refractivity contribution is -0.0930. The van der Waals surface area contributed by atoms with Gasteiger partial charge in [-0.15, -0.1) is 0 Å². The number of imidazole rings is 1. The highest BCUT2D eigenvalue weighted by molar-refractivity contribution is 6.74. The van der Waals surface area contributed by atoms with Gasteiger partial charge in [-0.2, -0.15) is 0 Å². The molecule has 1 aliphatic rings. The Bertz CT molecular complexity index is 2170. The minimum Gasteiger partial charge on any atom is -0.497 e. The molecule has 12 heteroatoms. The average molecular weight is 758 g/mol. The Kier molecular flexibility index (Phi) is 10.7. The van der Waals surface area contributed by atoms with Crippen molar-refractivity contribution in [1.29, 1.82) is 0 Å². The number of aliphatic hydroxyl groups excluding tert-OH is 1. The standard InChI is InChI=1S/C43H47N5O6Si/c1-42(2,3)55(5,6)54-37-34(26-52-43(30-18-12-8-13-19-30,31-20-14-9-15-21-31)32-22-24-33(51-4)25-23-32)53-41(36(37)49)48-28-46-35-38(44-27-45-39(35)48)47-40(50)29-16-10-7-11-17-29/h7-25,27-28,34,36-37,41,49H,26H2,1-6H3,(H,44,45,47,50)/t34-,36-,37-,41-/m0/s1. The smallest absolute Gasteiger partial charge is 0.256 e. The third-order valence-corrected chi connectivity index (χ3v) is 15.2. The van der Waals surface area contributed by atoms with Gasteiger partial charge in [0.2, 0.25) is 0 Å². The number of amides is 1. The number of carbonyl (C=O) groups is 1. The predicted octanol–water partition coefficient (Wildman–Crippen LogP) is 7.74. The Morgan fingerprint density at radius 1 is 0.836 bits per heavy atom. The number of aliphatic hydroxyl groups is 1. The zero-order chi connectivity index (χ0) is 38.8. The summed E-state index contributed by atoms with van der Waals surface area (Å²) in [7, 11) is -0.821. The van der Waals surface area contributed by atoms with Gasteiger partial charge < -0.3 is 29.1 Å². The first-order valence-electron chi connectivity index (χ1n) is 18.4. The predicted molar refractivity (Wildman–Crippen MR) is 213 cm³/mol. The van der Waals surface area contributed by atoms with Crippen molar-refractivity contribution in [3.8, 4) is 5.75 Å². The summed E-state index contributed by atoms with van der Waals surface area (Å²) in [6.07, 6.45) is -0.632. The molecule has 1 saturated heterocycles. The minimum absolute atomic E-state index is 0.0582. The number of rotatable bonds is 12. The van der Waals surface area contributed by atoms with Gasteiger partial charge in [-0.3, -0.25) is 9.36 Å². The number of methoxy groups -OCH3 is 1. The van der Waals surface area contributed by atoms with Crippen LogP contribution in [0.5, 0.6) is 5.75 Å². The van der Waals surface area contributed by atoms with Gasteiger partial charge in [0.25, 0.3) is 5.91 Å². The van der Waals surface area contributed by atoms with Crippen LogP contribution < -0.4 is 10.1 Å². The third kappa shape index (κ3) is 7.43. The normalized spacial score (nSPS) is 19.0. The fourth-order valence-corrected chi connectivity index (χ4v) is 8.10. The molecule has 1 amide bonds. The van der Waals surface area contributed by atoms with E-state index in [1.54, 1.807) is 42.3 Å². The minimum atomic E-state index is -2.47. The summed E-state index contributed by atoms with van der Waals surface area (Å²) in [6, 6.07) is 36.9. The summed E-state index contributed by atoms with van der Waals surface area (Å²) in [6.45, 7) is 10.9.